The molecule has 7 fully saturated rings. The lowest BCUT2D eigenvalue weighted by atomic mass is 9.41. The van der Waals surface area contributed by atoms with Gasteiger partial charge in [-0.2, -0.15) is 0 Å². The third-order valence-electron chi connectivity index (χ3n) is 16.3. The maximum Gasteiger partial charge on any atom is 0.255 e. The SMILES string of the molecule is C[C@@H]1CC([C@H](O)C(C)(C)O)OC2C[C@@]3(C)[C@@H]4CCC5C(C)(C)[C@@H](OC6CN(C(=O)c7cccnc7)CCO6)CCC56C[C@@]46CC[C@]3(C)C21. The van der Waals surface area contributed by atoms with Gasteiger partial charge in [-0.3, -0.25) is 9.78 Å². The molecule has 3 heterocycles. The van der Waals surface area contributed by atoms with E-state index in [0.717, 1.165) is 19.3 Å². The van der Waals surface area contributed by atoms with Crippen LogP contribution in [-0.4, -0.2) is 82.0 Å². The highest BCUT2D eigenvalue weighted by Crippen LogP contribution is 2.89. The van der Waals surface area contributed by atoms with Crippen molar-refractivity contribution in [1.29, 1.82) is 0 Å². The van der Waals surface area contributed by atoms with Crippen LogP contribution in [0, 0.1) is 50.7 Å². The van der Waals surface area contributed by atoms with E-state index in [9.17, 15) is 15.0 Å². The number of ether oxygens (including phenoxy) is 3. The lowest BCUT2D eigenvalue weighted by molar-refractivity contribution is -0.244. The average molecular weight is 665 g/mol. The summed E-state index contributed by atoms with van der Waals surface area (Å²) in [7, 11) is 0. The van der Waals surface area contributed by atoms with Gasteiger partial charge < -0.3 is 29.3 Å². The van der Waals surface area contributed by atoms with Gasteiger partial charge in [-0.1, -0.05) is 34.6 Å². The molecule has 2 aliphatic heterocycles. The van der Waals surface area contributed by atoms with Crippen LogP contribution in [0.2, 0.25) is 0 Å². The highest BCUT2D eigenvalue weighted by atomic mass is 16.7. The molecule has 1 amide bonds. The highest BCUT2D eigenvalue weighted by Gasteiger charge is 2.83. The molecular weight excluding hydrogens is 604 g/mol. The summed E-state index contributed by atoms with van der Waals surface area (Å²) in [6.07, 6.45) is 12.6. The van der Waals surface area contributed by atoms with Crippen LogP contribution >= 0.6 is 0 Å². The van der Waals surface area contributed by atoms with E-state index in [1.54, 1.807) is 26.2 Å². The molecule has 13 atom stereocenters. The Morgan fingerprint density at radius 3 is 2.56 bits per heavy atom. The smallest absolute Gasteiger partial charge is 0.255 e. The van der Waals surface area contributed by atoms with Crippen LogP contribution in [0.4, 0.5) is 0 Å². The summed E-state index contributed by atoms with van der Waals surface area (Å²) in [5.41, 5.74) is 0.684. The van der Waals surface area contributed by atoms with Crippen molar-refractivity contribution in [2.24, 2.45) is 50.7 Å². The number of aliphatic hydroxyl groups is 2. The summed E-state index contributed by atoms with van der Waals surface area (Å²) in [5, 5.41) is 21.7. The van der Waals surface area contributed by atoms with Gasteiger partial charge in [0.15, 0.2) is 6.29 Å². The van der Waals surface area contributed by atoms with E-state index in [4.69, 9.17) is 14.2 Å². The van der Waals surface area contributed by atoms with E-state index in [1.807, 2.05) is 17.0 Å². The molecule has 2 N–H and O–H groups in total. The Kier molecular flexibility index (Phi) is 7.66. The summed E-state index contributed by atoms with van der Waals surface area (Å²) >= 11 is 0. The maximum atomic E-state index is 13.2. The second-order valence-electron chi connectivity index (χ2n) is 19.0. The van der Waals surface area contributed by atoms with Gasteiger partial charge in [0.2, 0.25) is 0 Å². The number of pyridine rings is 1. The number of carbonyl (C=O) groups is 1. The Hall–Kier alpha value is -1.58. The molecule has 5 aliphatic carbocycles. The lowest BCUT2D eigenvalue weighted by Crippen LogP contribution is -2.59. The Balaban J connectivity index is 0.986. The Labute approximate surface area is 287 Å². The van der Waals surface area contributed by atoms with E-state index < -0.39 is 18.0 Å². The zero-order valence-electron chi connectivity index (χ0n) is 30.4. The molecule has 0 aromatic carbocycles. The summed E-state index contributed by atoms with van der Waals surface area (Å²) < 4.78 is 19.8. The second kappa shape index (κ2) is 11.0. The summed E-state index contributed by atoms with van der Waals surface area (Å²) in [5.74, 6) is 2.27. The quantitative estimate of drug-likeness (QED) is 0.385. The molecule has 266 valence electrons. The molecule has 8 heteroatoms. The topological polar surface area (TPSA) is 101 Å². The number of rotatable bonds is 5. The van der Waals surface area contributed by atoms with Gasteiger partial charge in [0, 0.05) is 18.9 Å². The summed E-state index contributed by atoms with van der Waals surface area (Å²) in [6.45, 7) is 17.4. The number of nitrogens with zero attached hydrogens (tertiary/aromatic N) is 2. The van der Waals surface area contributed by atoms with Crippen molar-refractivity contribution in [1.82, 2.24) is 9.88 Å². The predicted molar refractivity (Wildman–Crippen MR) is 182 cm³/mol. The minimum atomic E-state index is -1.17. The third-order valence-corrected chi connectivity index (χ3v) is 16.3. The fraction of sp³-hybridized carbons (Fsp3) is 0.850. The number of amides is 1. The zero-order chi connectivity index (χ0) is 34.1. The number of morpholine rings is 1. The minimum Gasteiger partial charge on any atom is -0.388 e. The Bertz CT molecular complexity index is 1410. The number of fused-ring (bicyclic) bond motifs is 4. The Morgan fingerprint density at radius 1 is 1.08 bits per heavy atom. The van der Waals surface area contributed by atoms with Crippen molar-refractivity contribution < 1.29 is 29.2 Å². The van der Waals surface area contributed by atoms with E-state index in [1.165, 1.54) is 38.5 Å². The molecular formula is C40H60N2O6. The maximum absolute atomic E-state index is 13.2. The molecule has 8 rings (SSSR count). The van der Waals surface area contributed by atoms with Crippen LogP contribution in [0.1, 0.15) is 117 Å². The van der Waals surface area contributed by atoms with Gasteiger partial charge >= 0.3 is 0 Å². The van der Waals surface area contributed by atoms with Gasteiger partial charge in [-0.25, -0.2) is 0 Å². The summed E-state index contributed by atoms with van der Waals surface area (Å²) in [6, 6.07) is 3.63. The van der Waals surface area contributed by atoms with Crippen LogP contribution in [0.5, 0.6) is 0 Å². The first-order chi connectivity index (χ1) is 22.6. The van der Waals surface area contributed by atoms with Crippen molar-refractivity contribution in [2.45, 2.75) is 143 Å². The molecule has 5 saturated carbocycles. The second-order valence-corrected chi connectivity index (χ2v) is 19.0. The number of aromatic nitrogens is 1. The molecule has 0 radical (unpaired) electrons. The molecule has 7 aliphatic rings. The van der Waals surface area contributed by atoms with Crippen molar-refractivity contribution in [2.75, 3.05) is 19.7 Å². The van der Waals surface area contributed by atoms with Gasteiger partial charge in [0.25, 0.3) is 5.91 Å². The molecule has 48 heavy (non-hydrogen) atoms. The lowest BCUT2D eigenvalue weighted by Gasteiger charge is -2.63. The van der Waals surface area contributed by atoms with E-state index in [2.05, 4.69) is 39.6 Å². The standard InChI is InChI=1S/C40H60N2O6/c1-24-19-26(33(43)36(4,5)45)47-27-20-38(7)29-11-10-28-35(2,3)30(12-13-39(28)23-40(29,39)15-14-37(38,6)32(24)27)48-31-22-42(17-18-46-31)34(44)25-9-8-16-41-21-25/h8-9,16,21,24,26-33,43,45H,10-15,17-20,22-23H2,1-7H3/t24-,26?,27?,28?,29+,30+,31?,32?,33+,37-,38+,39?,40+/m1/s1. The van der Waals surface area contributed by atoms with Gasteiger partial charge in [-0.05, 0) is 135 Å². The normalized spacial score (nSPS) is 48.3. The number of carbonyl (C=O) groups excluding carboxylic acids is 1. The first kappa shape index (κ1) is 33.6. The third kappa shape index (κ3) is 4.57. The number of aliphatic hydroxyl groups excluding tert-OH is 1. The Morgan fingerprint density at radius 2 is 1.83 bits per heavy atom. The largest absolute Gasteiger partial charge is 0.388 e. The zero-order valence-corrected chi connectivity index (χ0v) is 30.4. The van der Waals surface area contributed by atoms with Crippen LogP contribution in [0.15, 0.2) is 24.5 Å². The molecule has 1 aromatic rings. The molecule has 6 unspecified atom stereocenters. The molecule has 1 aromatic heterocycles. The van der Waals surface area contributed by atoms with Crippen molar-refractivity contribution in [3.05, 3.63) is 30.1 Å². The predicted octanol–water partition coefficient (Wildman–Crippen LogP) is 6.24. The molecule has 0 bridgehead atoms. The van der Waals surface area contributed by atoms with Crippen LogP contribution < -0.4 is 0 Å². The highest BCUT2D eigenvalue weighted by molar-refractivity contribution is 5.93. The van der Waals surface area contributed by atoms with Crippen LogP contribution in [0.3, 0.4) is 0 Å². The van der Waals surface area contributed by atoms with Crippen molar-refractivity contribution in [3.8, 4) is 0 Å². The fourth-order valence-corrected chi connectivity index (χ4v) is 14.0. The van der Waals surface area contributed by atoms with E-state index in [-0.39, 0.29) is 40.5 Å². The minimum absolute atomic E-state index is 0.00613. The molecule has 2 spiro atoms. The first-order valence-corrected chi connectivity index (χ1v) is 19.1. The fourth-order valence-electron chi connectivity index (χ4n) is 14.0. The van der Waals surface area contributed by atoms with E-state index in [0.29, 0.717) is 59.8 Å². The summed E-state index contributed by atoms with van der Waals surface area (Å²) in [4.78, 5) is 19.2. The van der Waals surface area contributed by atoms with Gasteiger partial charge in [0.1, 0.15) is 6.10 Å². The molecule has 2 saturated heterocycles. The van der Waals surface area contributed by atoms with E-state index >= 15 is 0 Å². The average Bonchev–Trinajstić information content (AvgIpc) is 3.64. The first-order valence-electron chi connectivity index (χ1n) is 19.1. The monoisotopic (exact) mass is 664 g/mol. The van der Waals surface area contributed by atoms with Crippen molar-refractivity contribution in [3.63, 3.8) is 0 Å². The van der Waals surface area contributed by atoms with Gasteiger partial charge in [0.05, 0.1) is 42.6 Å². The van der Waals surface area contributed by atoms with Crippen LogP contribution in [-0.2, 0) is 14.2 Å². The number of hydrogen-bond acceptors (Lipinski definition) is 7. The van der Waals surface area contributed by atoms with Crippen molar-refractivity contribution >= 4 is 5.91 Å². The van der Waals surface area contributed by atoms with Gasteiger partial charge in [-0.15, -0.1) is 0 Å². The molecule has 8 nitrogen and oxygen atoms in total. The number of hydrogen-bond donors (Lipinski definition) is 2. The van der Waals surface area contributed by atoms with Crippen LogP contribution in [0.25, 0.3) is 0 Å².